The molecule has 0 radical (unpaired) electrons. The van der Waals surface area contributed by atoms with E-state index in [1.165, 1.54) is 28.6 Å². The number of nitrogens with one attached hydrogen (secondary N) is 2. The molecule has 0 spiro atoms. The van der Waals surface area contributed by atoms with E-state index in [2.05, 4.69) is 10.9 Å². The minimum atomic E-state index is -3.61. The van der Waals surface area contributed by atoms with Gasteiger partial charge in [-0.25, -0.2) is 8.42 Å². The number of benzene rings is 3. The van der Waals surface area contributed by atoms with Crippen molar-refractivity contribution in [2.24, 2.45) is 0 Å². The van der Waals surface area contributed by atoms with Gasteiger partial charge in [0.15, 0.2) is 6.10 Å². The van der Waals surface area contributed by atoms with Crippen LogP contribution in [0.2, 0.25) is 0 Å². The Morgan fingerprint density at radius 1 is 0.909 bits per heavy atom. The van der Waals surface area contributed by atoms with Crippen molar-refractivity contribution in [2.45, 2.75) is 31.8 Å². The Labute approximate surface area is 193 Å². The highest BCUT2D eigenvalue weighted by molar-refractivity contribution is 7.89. The summed E-state index contributed by atoms with van der Waals surface area (Å²) in [5, 5.41) is 2.05. The molecule has 2 amide bonds. The predicted molar refractivity (Wildman–Crippen MR) is 126 cm³/mol. The zero-order valence-electron chi connectivity index (χ0n) is 18.7. The molecule has 9 heteroatoms. The van der Waals surface area contributed by atoms with Gasteiger partial charge in [0.2, 0.25) is 10.0 Å². The van der Waals surface area contributed by atoms with Crippen molar-refractivity contribution in [3.63, 3.8) is 0 Å². The van der Waals surface area contributed by atoms with E-state index in [-0.39, 0.29) is 10.5 Å². The summed E-state index contributed by atoms with van der Waals surface area (Å²) in [5.74, 6) is -0.571. The van der Waals surface area contributed by atoms with Gasteiger partial charge in [0.1, 0.15) is 5.75 Å². The summed E-state index contributed by atoms with van der Waals surface area (Å²) in [6, 6.07) is 18.8. The molecule has 2 N–H and O–H groups in total. The van der Waals surface area contributed by atoms with Crippen LogP contribution >= 0.6 is 0 Å². The number of rotatable bonds is 8. The third-order valence-corrected chi connectivity index (χ3v) is 7.23. The van der Waals surface area contributed by atoms with Gasteiger partial charge in [0, 0.05) is 18.7 Å². The predicted octanol–water partition coefficient (Wildman–Crippen LogP) is 3.10. The van der Waals surface area contributed by atoms with Crippen LogP contribution in [0.3, 0.4) is 0 Å². The molecule has 0 saturated heterocycles. The smallest absolute Gasteiger partial charge is 0.279 e. The lowest BCUT2D eigenvalue weighted by Gasteiger charge is -2.18. The Balaban J connectivity index is 1.57. The van der Waals surface area contributed by atoms with Gasteiger partial charge in [-0.2, -0.15) is 4.31 Å². The number of hydrogen-bond donors (Lipinski definition) is 2. The van der Waals surface area contributed by atoms with E-state index in [0.717, 1.165) is 10.8 Å². The van der Waals surface area contributed by atoms with Crippen molar-refractivity contribution in [3.8, 4) is 5.75 Å². The Hall–Kier alpha value is -3.43. The average molecular weight is 470 g/mol. The van der Waals surface area contributed by atoms with Crippen LogP contribution in [0, 0.1) is 0 Å². The third kappa shape index (κ3) is 5.68. The van der Waals surface area contributed by atoms with E-state index in [1.807, 2.05) is 36.4 Å². The fraction of sp³-hybridized carbons (Fsp3) is 0.250. The van der Waals surface area contributed by atoms with Crippen LogP contribution in [-0.4, -0.2) is 43.7 Å². The van der Waals surface area contributed by atoms with Crippen LogP contribution in [0.4, 0.5) is 0 Å². The number of ether oxygens (including phenoxy) is 1. The minimum absolute atomic E-state index is 0.101. The van der Waals surface area contributed by atoms with E-state index in [1.54, 1.807) is 26.8 Å². The molecule has 0 saturated carbocycles. The van der Waals surface area contributed by atoms with Gasteiger partial charge in [-0.05, 0) is 54.1 Å². The fourth-order valence-electron chi connectivity index (χ4n) is 3.28. The van der Waals surface area contributed by atoms with Crippen LogP contribution in [-0.2, 0) is 14.8 Å². The second-order valence-corrected chi connectivity index (χ2v) is 9.26. The fourth-order valence-corrected chi connectivity index (χ4v) is 4.74. The zero-order valence-corrected chi connectivity index (χ0v) is 19.6. The van der Waals surface area contributed by atoms with Crippen molar-refractivity contribution >= 4 is 32.6 Å². The van der Waals surface area contributed by atoms with E-state index in [0.29, 0.717) is 18.8 Å². The van der Waals surface area contributed by atoms with Crippen molar-refractivity contribution in [1.82, 2.24) is 15.2 Å². The maximum atomic E-state index is 12.5. The number of carbonyl (C=O) groups is 2. The molecule has 3 aromatic rings. The average Bonchev–Trinajstić information content (AvgIpc) is 2.82. The highest BCUT2D eigenvalue weighted by Crippen LogP contribution is 2.21. The highest BCUT2D eigenvalue weighted by Gasteiger charge is 2.22. The molecule has 0 aliphatic carbocycles. The van der Waals surface area contributed by atoms with Gasteiger partial charge in [-0.1, -0.05) is 44.2 Å². The number of hydrogen-bond acceptors (Lipinski definition) is 5. The lowest BCUT2D eigenvalue weighted by atomic mass is 10.1. The Kier molecular flexibility index (Phi) is 7.67. The minimum Gasteiger partial charge on any atom is -0.481 e. The van der Waals surface area contributed by atoms with Crippen molar-refractivity contribution in [2.75, 3.05) is 13.1 Å². The van der Waals surface area contributed by atoms with Gasteiger partial charge >= 0.3 is 0 Å². The number of fused-ring (bicyclic) bond motifs is 1. The SMILES string of the molecule is CCN(CC)S(=O)(=O)c1ccc(C(=O)NNC(=O)C(C)Oc2ccc3ccccc3c2)cc1. The lowest BCUT2D eigenvalue weighted by Crippen LogP contribution is -2.47. The lowest BCUT2D eigenvalue weighted by molar-refractivity contribution is -0.128. The van der Waals surface area contributed by atoms with Gasteiger partial charge < -0.3 is 4.74 Å². The first-order valence-corrected chi connectivity index (χ1v) is 12.1. The van der Waals surface area contributed by atoms with Crippen molar-refractivity contribution in [1.29, 1.82) is 0 Å². The first-order chi connectivity index (χ1) is 15.8. The molecule has 174 valence electrons. The Bertz CT molecular complexity index is 1240. The summed E-state index contributed by atoms with van der Waals surface area (Å²) < 4.78 is 32.1. The highest BCUT2D eigenvalue weighted by atomic mass is 32.2. The maximum absolute atomic E-state index is 12.5. The van der Waals surface area contributed by atoms with Gasteiger partial charge in [0.05, 0.1) is 4.90 Å². The number of amides is 2. The molecule has 3 rings (SSSR count). The summed E-state index contributed by atoms with van der Waals surface area (Å²) >= 11 is 0. The van der Waals surface area contributed by atoms with Gasteiger partial charge in [0.25, 0.3) is 11.8 Å². The summed E-state index contributed by atoms with van der Waals surface area (Å²) in [6.07, 6.45) is -0.854. The molecule has 0 bridgehead atoms. The van der Waals surface area contributed by atoms with Crippen molar-refractivity contribution in [3.05, 3.63) is 72.3 Å². The molecule has 3 aromatic carbocycles. The standard InChI is InChI=1S/C24H27N3O5S/c1-4-27(5-2)33(30,31)22-14-11-19(12-15-22)24(29)26-25-23(28)17(3)32-21-13-10-18-8-6-7-9-20(18)16-21/h6-17H,4-5H2,1-3H3,(H,25,28)(H,26,29). The first-order valence-electron chi connectivity index (χ1n) is 10.6. The van der Waals surface area contributed by atoms with Crippen molar-refractivity contribution < 1.29 is 22.7 Å². The maximum Gasteiger partial charge on any atom is 0.279 e. The third-order valence-electron chi connectivity index (χ3n) is 5.16. The summed E-state index contributed by atoms with van der Waals surface area (Å²) in [5.41, 5.74) is 4.85. The molecular formula is C24H27N3O5S. The zero-order chi connectivity index (χ0) is 24.0. The molecule has 0 fully saturated rings. The normalized spacial score (nSPS) is 12.4. The van der Waals surface area contributed by atoms with E-state index >= 15 is 0 Å². The number of carbonyl (C=O) groups excluding carboxylic acids is 2. The van der Waals surface area contributed by atoms with Gasteiger partial charge in [-0.15, -0.1) is 0 Å². The molecule has 0 aliphatic rings. The molecule has 1 atom stereocenters. The number of sulfonamides is 1. The molecule has 0 aromatic heterocycles. The summed E-state index contributed by atoms with van der Waals surface area (Å²) in [4.78, 5) is 24.8. The van der Waals surface area contributed by atoms with Crippen LogP contribution in [0.5, 0.6) is 5.75 Å². The largest absolute Gasteiger partial charge is 0.481 e. The van der Waals surface area contributed by atoms with E-state index in [9.17, 15) is 18.0 Å². The first kappa shape index (κ1) is 24.2. The second-order valence-electron chi connectivity index (χ2n) is 7.33. The monoisotopic (exact) mass is 469 g/mol. The van der Waals surface area contributed by atoms with Gasteiger partial charge in [-0.3, -0.25) is 20.4 Å². The molecule has 33 heavy (non-hydrogen) atoms. The van der Waals surface area contributed by atoms with Crippen LogP contribution in [0.25, 0.3) is 10.8 Å². The summed E-state index contributed by atoms with van der Waals surface area (Å²) in [6.45, 7) is 5.80. The summed E-state index contributed by atoms with van der Waals surface area (Å²) in [7, 11) is -3.61. The van der Waals surface area contributed by atoms with E-state index in [4.69, 9.17) is 4.74 Å². The van der Waals surface area contributed by atoms with Crippen LogP contribution < -0.4 is 15.6 Å². The van der Waals surface area contributed by atoms with E-state index < -0.39 is 27.9 Å². The number of hydrazine groups is 1. The quantitative estimate of drug-likeness (QED) is 0.493. The molecular weight excluding hydrogens is 442 g/mol. The Morgan fingerprint density at radius 2 is 1.55 bits per heavy atom. The number of nitrogens with zero attached hydrogens (tertiary/aromatic N) is 1. The molecule has 1 unspecified atom stereocenters. The second kappa shape index (κ2) is 10.5. The Morgan fingerprint density at radius 3 is 2.18 bits per heavy atom. The van der Waals surface area contributed by atoms with Crippen LogP contribution in [0.15, 0.2) is 71.6 Å². The molecule has 8 nitrogen and oxygen atoms in total. The molecule has 0 heterocycles. The van der Waals surface area contributed by atoms with Crippen LogP contribution in [0.1, 0.15) is 31.1 Å². The molecule has 0 aliphatic heterocycles. The topological polar surface area (TPSA) is 105 Å².